The number of para-hydroxylation sites is 1. The van der Waals surface area contributed by atoms with Gasteiger partial charge in [-0.2, -0.15) is 9.78 Å². The summed E-state index contributed by atoms with van der Waals surface area (Å²) in [6.45, 7) is 0.903. The van der Waals surface area contributed by atoms with Crippen molar-refractivity contribution in [3.05, 3.63) is 76.4 Å². The first-order valence-electron chi connectivity index (χ1n) is 8.92. The van der Waals surface area contributed by atoms with E-state index < -0.39 is 0 Å². The molecule has 1 unspecified atom stereocenters. The molecule has 1 N–H and O–H groups in total. The summed E-state index contributed by atoms with van der Waals surface area (Å²) in [4.78, 5) is 2.37. The summed E-state index contributed by atoms with van der Waals surface area (Å²) in [5, 5.41) is 16.0. The number of hydrogen-bond acceptors (Lipinski definition) is 3. The van der Waals surface area contributed by atoms with Crippen LogP contribution >= 0.6 is 11.6 Å². The molecule has 1 aliphatic rings. The molecule has 134 valence electrons. The van der Waals surface area contributed by atoms with Crippen molar-refractivity contribution < 1.29 is 5.11 Å². The second kappa shape index (κ2) is 7.14. The summed E-state index contributed by atoms with van der Waals surface area (Å²) >= 11 is 6.28. The fourth-order valence-electron chi connectivity index (χ4n) is 3.70. The van der Waals surface area contributed by atoms with E-state index in [0.717, 1.165) is 42.8 Å². The molecule has 0 fully saturated rings. The first-order valence-corrected chi connectivity index (χ1v) is 9.30. The van der Waals surface area contributed by atoms with E-state index >= 15 is 0 Å². The highest BCUT2D eigenvalue weighted by atomic mass is 35.5. The minimum absolute atomic E-state index is 0.214. The van der Waals surface area contributed by atoms with Crippen LogP contribution in [0.1, 0.15) is 23.2 Å². The minimum atomic E-state index is 0.214. The van der Waals surface area contributed by atoms with Crippen molar-refractivity contribution in [2.45, 2.75) is 31.8 Å². The standard InChI is InChI=1S/C21H22ClN3O/c1-24(14-15-7-3-2-4-8-15)16-11-12-19-17(13-16)21(26)25(23-19)20-10-6-5-9-18(20)22/h2-10,16,26H,11-14H2,1H3. The number of nitrogens with zero attached hydrogens (tertiary/aromatic N) is 3. The highest BCUT2D eigenvalue weighted by Crippen LogP contribution is 2.34. The highest BCUT2D eigenvalue weighted by molar-refractivity contribution is 6.32. The number of likely N-dealkylation sites (N-methyl/N-ethyl adjacent to an activating group) is 1. The van der Waals surface area contributed by atoms with E-state index in [1.54, 1.807) is 4.68 Å². The smallest absolute Gasteiger partial charge is 0.217 e. The zero-order valence-corrected chi connectivity index (χ0v) is 15.5. The van der Waals surface area contributed by atoms with Gasteiger partial charge in [0.15, 0.2) is 0 Å². The number of benzene rings is 2. The third kappa shape index (κ3) is 3.22. The van der Waals surface area contributed by atoms with Gasteiger partial charge in [-0.1, -0.05) is 54.1 Å². The number of aromatic hydroxyl groups is 1. The van der Waals surface area contributed by atoms with Gasteiger partial charge in [0.25, 0.3) is 0 Å². The molecule has 0 amide bonds. The molecule has 1 aromatic heterocycles. The Balaban J connectivity index is 1.56. The largest absolute Gasteiger partial charge is 0.493 e. The van der Waals surface area contributed by atoms with Gasteiger partial charge in [-0.3, -0.25) is 4.90 Å². The van der Waals surface area contributed by atoms with Gasteiger partial charge in [0.1, 0.15) is 0 Å². The van der Waals surface area contributed by atoms with Crippen molar-refractivity contribution in [2.24, 2.45) is 0 Å². The maximum absolute atomic E-state index is 10.8. The van der Waals surface area contributed by atoms with Crippen LogP contribution in [-0.2, 0) is 19.4 Å². The highest BCUT2D eigenvalue weighted by Gasteiger charge is 2.29. The normalized spacial score (nSPS) is 16.7. The fraction of sp³-hybridized carbons (Fsp3) is 0.286. The van der Waals surface area contributed by atoms with Crippen molar-refractivity contribution >= 4 is 11.6 Å². The van der Waals surface area contributed by atoms with Crippen LogP contribution in [0, 0.1) is 0 Å². The van der Waals surface area contributed by atoms with Crippen LogP contribution in [0.3, 0.4) is 0 Å². The molecule has 5 heteroatoms. The Morgan fingerprint density at radius 2 is 1.88 bits per heavy atom. The summed E-state index contributed by atoms with van der Waals surface area (Å²) in [6, 6.07) is 18.3. The predicted molar refractivity (Wildman–Crippen MR) is 104 cm³/mol. The van der Waals surface area contributed by atoms with E-state index in [0.29, 0.717) is 11.1 Å². The van der Waals surface area contributed by atoms with Crippen molar-refractivity contribution in [1.29, 1.82) is 0 Å². The number of hydrogen-bond donors (Lipinski definition) is 1. The number of rotatable bonds is 4. The quantitative estimate of drug-likeness (QED) is 0.750. The molecule has 4 nitrogen and oxygen atoms in total. The van der Waals surface area contributed by atoms with Crippen LogP contribution in [0.5, 0.6) is 5.88 Å². The number of fused-ring (bicyclic) bond motifs is 1. The Morgan fingerprint density at radius 1 is 1.15 bits per heavy atom. The molecule has 0 spiro atoms. The molecule has 0 aliphatic heterocycles. The van der Waals surface area contributed by atoms with Gasteiger partial charge in [-0.15, -0.1) is 0 Å². The Morgan fingerprint density at radius 3 is 2.65 bits per heavy atom. The molecule has 0 saturated carbocycles. The van der Waals surface area contributed by atoms with E-state index in [1.807, 2.05) is 30.3 Å². The maximum Gasteiger partial charge on any atom is 0.217 e. The minimum Gasteiger partial charge on any atom is -0.493 e. The number of halogens is 1. The molecule has 0 bridgehead atoms. The van der Waals surface area contributed by atoms with Crippen molar-refractivity contribution in [3.63, 3.8) is 0 Å². The molecule has 1 heterocycles. The average Bonchev–Trinajstić information content (AvgIpc) is 2.99. The van der Waals surface area contributed by atoms with E-state index in [9.17, 15) is 5.11 Å². The first-order chi connectivity index (χ1) is 12.6. The predicted octanol–water partition coefficient (Wildman–Crippen LogP) is 4.22. The van der Waals surface area contributed by atoms with Crippen molar-refractivity contribution in [2.75, 3.05) is 7.05 Å². The molecule has 26 heavy (non-hydrogen) atoms. The molecule has 1 aliphatic carbocycles. The SMILES string of the molecule is CN(Cc1ccccc1)C1CCc2nn(-c3ccccc3Cl)c(O)c2C1. The maximum atomic E-state index is 10.8. The lowest BCUT2D eigenvalue weighted by atomic mass is 9.92. The number of aromatic nitrogens is 2. The van der Waals surface area contributed by atoms with Crippen LogP contribution in [0.25, 0.3) is 5.69 Å². The van der Waals surface area contributed by atoms with E-state index in [2.05, 4.69) is 41.3 Å². The Kier molecular flexibility index (Phi) is 4.70. The molecule has 1 atom stereocenters. The molecule has 0 radical (unpaired) electrons. The van der Waals surface area contributed by atoms with Crippen LogP contribution in [0.15, 0.2) is 54.6 Å². The second-order valence-corrected chi connectivity index (χ2v) is 7.32. The van der Waals surface area contributed by atoms with Gasteiger partial charge >= 0.3 is 0 Å². The van der Waals surface area contributed by atoms with Gasteiger partial charge in [-0.05, 0) is 44.0 Å². The van der Waals surface area contributed by atoms with Gasteiger partial charge in [0.2, 0.25) is 5.88 Å². The summed E-state index contributed by atoms with van der Waals surface area (Å²) in [5.74, 6) is 0.214. The lowest BCUT2D eigenvalue weighted by molar-refractivity contribution is 0.212. The molecule has 0 saturated heterocycles. The third-order valence-corrected chi connectivity index (χ3v) is 5.49. The van der Waals surface area contributed by atoms with Gasteiger partial charge in [0.05, 0.1) is 16.4 Å². The monoisotopic (exact) mass is 367 g/mol. The number of aryl methyl sites for hydroxylation is 1. The average molecular weight is 368 g/mol. The molecular weight excluding hydrogens is 346 g/mol. The Labute approximate surface area is 158 Å². The molecule has 3 aromatic rings. The van der Waals surface area contributed by atoms with Crippen molar-refractivity contribution in [1.82, 2.24) is 14.7 Å². The van der Waals surface area contributed by atoms with Gasteiger partial charge in [0, 0.05) is 18.2 Å². The summed E-state index contributed by atoms with van der Waals surface area (Å²) in [7, 11) is 2.15. The van der Waals surface area contributed by atoms with E-state index in [4.69, 9.17) is 11.6 Å². The van der Waals surface area contributed by atoms with Gasteiger partial charge < -0.3 is 5.11 Å². The van der Waals surface area contributed by atoms with Crippen molar-refractivity contribution in [3.8, 4) is 11.6 Å². The van der Waals surface area contributed by atoms with Crippen LogP contribution in [-0.4, -0.2) is 32.9 Å². The van der Waals surface area contributed by atoms with Gasteiger partial charge in [-0.25, -0.2) is 0 Å². The zero-order valence-electron chi connectivity index (χ0n) is 14.8. The lowest BCUT2D eigenvalue weighted by Gasteiger charge is -2.30. The Bertz CT molecular complexity index is 907. The third-order valence-electron chi connectivity index (χ3n) is 5.17. The lowest BCUT2D eigenvalue weighted by Crippen LogP contribution is -2.35. The molecular formula is C21H22ClN3O. The molecule has 2 aromatic carbocycles. The summed E-state index contributed by atoms with van der Waals surface area (Å²) < 4.78 is 1.58. The topological polar surface area (TPSA) is 41.3 Å². The molecule has 4 rings (SSSR count). The summed E-state index contributed by atoms with van der Waals surface area (Å²) in [6.07, 6.45) is 2.70. The van der Waals surface area contributed by atoms with E-state index in [1.165, 1.54) is 5.56 Å². The van der Waals surface area contributed by atoms with Crippen LogP contribution < -0.4 is 0 Å². The van der Waals surface area contributed by atoms with Crippen LogP contribution in [0.4, 0.5) is 0 Å². The summed E-state index contributed by atoms with van der Waals surface area (Å²) in [5.41, 5.74) is 3.94. The second-order valence-electron chi connectivity index (χ2n) is 6.91. The first kappa shape index (κ1) is 17.1. The zero-order chi connectivity index (χ0) is 18.1. The van der Waals surface area contributed by atoms with Crippen LogP contribution in [0.2, 0.25) is 5.02 Å². The Hall–Kier alpha value is -2.30. The fourth-order valence-corrected chi connectivity index (χ4v) is 3.92. The van der Waals surface area contributed by atoms with E-state index in [-0.39, 0.29) is 5.88 Å².